The third-order valence-corrected chi connectivity index (χ3v) is 12.9. The third-order valence-electron chi connectivity index (χ3n) is 12.9. The second-order valence-electron chi connectivity index (χ2n) is 14.5. The minimum Gasteiger partial charge on any atom is -0.0642 e. The van der Waals surface area contributed by atoms with E-state index in [1.165, 1.54) is 70.6 Å². The molecule has 5 rings (SSSR count). The Morgan fingerprint density at radius 2 is 1.43 bits per heavy atom. The molecule has 5 aliphatic carbocycles. The maximum absolute atomic E-state index is 2.76. The molecule has 170 valence electrons. The van der Waals surface area contributed by atoms with E-state index in [0.717, 1.165) is 23.7 Å². The largest absolute Gasteiger partial charge is 0.0642 e. The van der Waals surface area contributed by atoms with Crippen molar-refractivity contribution in [3.05, 3.63) is 11.1 Å². The lowest BCUT2D eigenvalue weighted by Crippen LogP contribution is -2.58. The summed E-state index contributed by atoms with van der Waals surface area (Å²) in [6, 6.07) is 0. The first-order chi connectivity index (χ1) is 13.9. The molecule has 0 heteroatoms. The van der Waals surface area contributed by atoms with Crippen molar-refractivity contribution >= 4 is 0 Å². The molecule has 30 heavy (non-hydrogen) atoms. The van der Waals surface area contributed by atoms with Crippen LogP contribution in [0.2, 0.25) is 0 Å². The van der Waals surface area contributed by atoms with Crippen LogP contribution in [0.1, 0.15) is 126 Å². The van der Waals surface area contributed by atoms with Crippen LogP contribution in [0.15, 0.2) is 11.1 Å². The summed E-state index contributed by atoms with van der Waals surface area (Å²) in [4.78, 5) is 0. The van der Waals surface area contributed by atoms with Crippen LogP contribution in [-0.4, -0.2) is 0 Å². The molecule has 0 aromatic heterocycles. The van der Waals surface area contributed by atoms with Crippen molar-refractivity contribution in [1.82, 2.24) is 0 Å². The molecule has 0 aliphatic heterocycles. The van der Waals surface area contributed by atoms with Gasteiger partial charge in [0, 0.05) is 0 Å². The highest BCUT2D eigenvalue weighted by Gasteiger charge is 2.66. The molecule has 0 amide bonds. The van der Waals surface area contributed by atoms with Crippen LogP contribution in [-0.2, 0) is 0 Å². The van der Waals surface area contributed by atoms with Crippen LogP contribution in [0, 0.1) is 50.7 Å². The molecular formula is C30H50. The normalized spacial score (nSPS) is 52.5. The van der Waals surface area contributed by atoms with Gasteiger partial charge in [0.1, 0.15) is 0 Å². The van der Waals surface area contributed by atoms with Gasteiger partial charge in [0.05, 0.1) is 0 Å². The second kappa shape index (κ2) is 6.41. The van der Waals surface area contributed by atoms with E-state index in [1.807, 2.05) is 11.1 Å². The van der Waals surface area contributed by atoms with E-state index in [0.29, 0.717) is 27.1 Å². The molecule has 5 aliphatic rings. The summed E-state index contributed by atoms with van der Waals surface area (Å²) in [5.74, 6) is 3.66. The molecule has 0 nitrogen and oxygen atoms in total. The maximum Gasteiger partial charge on any atom is -0.00566 e. The first-order valence-corrected chi connectivity index (χ1v) is 13.6. The fourth-order valence-corrected chi connectivity index (χ4v) is 11.3. The average molecular weight is 411 g/mol. The Hall–Kier alpha value is -0.260. The highest BCUT2D eigenvalue weighted by atomic mass is 14.7. The smallest absolute Gasteiger partial charge is 0.00566 e. The number of hydrogen-bond donors (Lipinski definition) is 0. The topological polar surface area (TPSA) is 0 Å². The molecule has 0 unspecified atom stereocenters. The molecule has 0 saturated heterocycles. The van der Waals surface area contributed by atoms with Gasteiger partial charge in [-0.1, -0.05) is 73.0 Å². The molecular weight excluding hydrogens is 360 g/mol. The first kappa shape index (κ1) is 21.6. The molecule has 0 heterocycles. The number of hydrogen-bond acceptors (Lipinski definition) is 0. The molecule has 0 N–H and O–H groups in total. The van der Waals surface area contributed by atoms with E-state index >= 15 is 0 Å². The van der Waals surface area contributed by atoms with Gasteiger partial charge in [-0.05, 0) is 115 Å². The first-order valence-electron chi connectivity index (χ1n) is 13.6. The fourth-order valence-electron chi connectivity index (χ4n) is 11.3. The lowest BCUT2D eigenvalue weighted by Gasteiger charge is -2.67. The second-order valence-corrected chi connectivity index (χ2v) is 14.5. The van der Waals surface area contributed by atoms with Gasteiger partial charge in [-0.25, -0.2) is 0 Å². The standard InChI is InChI=1S/C30H50/c1-20(2)21-10-13-25-28(21,6)18-19-29(7)23-11-12-24-26(3,4)15-9-16-27(24,5)22(23)14-17-30(25,29)8/h20-21,24-25H,9-19H2,1-8H3/t21-,24+,25+,27-,28-,29-,30+/m1/s1. The average Bonchev–Trinajstić information content (AvgIpc) is 3.01. The Labute approximate surface area is 188 Å². The van der Waals surface area contributed by atoms with Crippen LogP contribution < -0.4 is 0 Å². The highest BCUT2D eigenvalue weighted by Crippen LogP contribution is 2.75. The summed E-state index contributed by atoms with van der Waals surface area (Å²) < 4.78 is 0. The number of allylic oxidation sites excluding steroid dienone is 2. The van der Waals surface area contributed by atoms with Gasteiger partial charge in [-0.15, -0.1) is 0 Å². The summed E-state index contributed by atoms with van der Waals surface area (Å²) in [7, 11) is 0. The highest BCUT2D eigenvalue weighted by molar-refractivity contribution is 5.38. The predicted molar refractivity (Wildman–Crippen MR) is 129 cm³/mol. The number of fused-ring (bicyclic) bond motifs is 6. The van der Waals surface area contributed by atoms with E-state index in [-0.39, 0.29) is 0 Å². The van der Waals surface area contributed by atoms with Crippen molar-refractivity contribution in [3.8, 4) is 0 Å². The summed E-state index contributed by atoms with van der Waals surface area (Å²) in [6.45, 7) is 21.1. The molecule has 3 saturated carbocycles. The van der Waals surface area contributed by atoms with Gasteiger partial charge in [-0.2, -0.15) is 0 Å². The Kier molecular flexibility index (Phi) is 4.61. The molecule has 0 radical (unpaired) electrons. The van der Waals surface area contributed by atoms with Crippen LogP contribution >= 0.6 is 0 Å². The monoisotopic (exact) mass is 410 g/mol. The minimum absolute atomic E-state index is 0.464. The molecule has 7 atom stereocenters. The Morgan fingerprint density at radius 3 is 2.13 bits per heavy atom. The molecule has 3 fully saturated rings. The van der Waals surface area contributed by atoms with Crippen molar-refractivity contribution in [2.75, 3.05) is 0 Å². The van der Waals surface area contributed by atoms with E-state index < -0.39 is 0 Å². The van der Waals surface area contributed by atoms with Gasteiger partial charge in [0.15, 0.2) is 0 Å². The number of rotatable bonds is 1. The maximum atomic E-state index is 2.76. The lowest BCUT2D eigenvalue weighted by molar-refractivity contribution is -0.116. The third kappa shape index (κ3) is 2.46. The van der Waals surface area contributed by atoms with Crippen molar-refractivity contribution < 1.29 is 0 Å². The van der Waals surface area contributed by atoms with E-state index in [2.05, 4.69) is 55.4 Å². The Balaban J connectivity index is 1.58. The molecule has 0 bridgehead atoms. The van der Waals surface area contributed by atoms with Crippen molar-refractivity contribution in [1.29, 1.82) is 0 Å². The summed E-state index contributed by atoms with van der Waals surface area (Å²) in [5.41, 5.74) is 6.58. The SMILES string of the molecule is CC(C)[C@H]1CC[C@H]2[C@]1(C)CC[C@]1(C)C3=C(CC[C@@]21C)[C@@]1(C)CCCC(C)(C)[C@@H]1CC3. The summed E-state index contributed by atoms with van der Waals surface area (Å²) in [6.07, 6.45) is 16.1. The van der Waals surface area contributed by atoms with Crippen LogP contribution in [0.3, 0.4) is 0 Å². The van der Waals surface area contributed by atoms with Crippen LogP contribution in [0.25, 0.3) is 0 Å². The Bertz CT molecular complexity index is 754. The van der Waals surface area contributed by atoms with Crippen molar-refractivity contribution in [2.45, 2.75) is 126 Å². The van der Waals surface area contributed by atoms with Crippen LogP contribution in [0.4, 0.5) is 0 Å². The van der Waals surface area contributed by atoms with E-state index in [9.17, 15) is 0 Å². The minimum atomic E-state index is 0.464. The zero-order valence-corrected chi connectivity index (χ0v) is 21.6. The molecule has 0 aromatic rings. The van der Waals surface area contributed by atoms with Gasteiger partial charge in [0.2, 0.25) is 0 Å². The van der Waals surface area contributed by atoms with E-state index in [1.54, 1.807) is 0 Å². The fraction of sp³-hybridized carbons (Fsp3) is 0.933. The van der Waals surface area contributed by atoms with Crippen molar-refractivity contribution in [2.24, 2.45) is 50.7 Å². The predicted octanol–water partition coefficient (Wildman–Crippen LogP) is 9.20. The summed E-state index contributed by atoms with van der Waals surface area (Å²) >= 11 is 0. The zero-order valence-electron chi connectivity index (χ0n) is 21.6. The lowest BCUT2D eigenvalue weighted by atomic mass is 9.37. The van der Waals surface area contributed by atoms with E-state index in [4.69, 9.17) is 0 Å². The summed E-state index contributed by atoms with van der Waals surface area (Å²) in [5, 5.41) is 0. The Morgan fingerprint density at radius 1 is 0.700 bits per heavy atom. The van der Waals surface area contributed by atoms with Gasteiger partial charge in [0.25, 0.3) is 0 Å². The van der Waals surface area contributed by atoms with Crippen LogP contribution in [0.5, 0.6) is 0 Å². The zero-order chi connectivity index (χ0) is 21.7. The van der Waals surface area contributed by atoms with Gasteiger partial charge in [-0.3, -0.25) is 0 Å². The molecule has 0 spiro atoms. The quantitative estimate of drug-likeness (QED) is 0.378. The molecule has 0 aromatic carbocycles. The van der Waals surface area contributed by atoms with Gasteiger partial charge < -0.3 is 0 Å². The van der Waals surface area contributed by atoms with Crippen molar-refractivity contribution in [3.63, 3.8) is 0 Å². The van der Waals surface area contributed by atoms with Gasteiger partial charge >= 0.3 is 0 Å².